The first kappa shape index (κ1) is 12.6. The second-order valence-electron chi connectivity index (χ2n) is 4.98. The van der Waals surface area contributed by atoms with Crippen LogP contribution in [0.15, 0.2) is 12.1 Å². The zero-order chi connectivity index (χ0) is 13.3. The van der Waals surface area contributed by atoms with Gasteiger partial charge in [-0.15, -0.1) is 0 Å². The summed E-state index contributed by atoms with van der Waals surface area (Å²) in [5.74, 6) is 1.18. The lowest BCUT2D eigenvalue weighted by Gasteiger charge is -2.28. The fourth-order valence-electron chi connectivity index (χ4n) is 2.56. The van der Waals surface area contributed by atoms with Gasteiger partial charge in [-0.3, -0.25) is 10.1 Å². The minimum atomic E-state index is -0.391. The minimum Gasteiger partial charge on any atom is -0.384 e. The number of hydrogen-bond donors (Lipinski definition) is 1. The van der Waals surface area contributed by atoms with Crippen molar-refractivity contribution >= 4 is 17.3 Å². The van der Waals surface area contributed by atoms with Crippen LogP contribution in [-0.4, -0.2) is 22.5 Å². The Bertz CT molecular complexity index is 461. The monoisotopic (exact) mass is 250 g/mol. The van der Waals surface area contributed by atoms with Crippen LogP contribution in [0, 0.1) is 16.0 Å². The van der Waals surface area contributed by atoms with E-state index in [4.69, 9.17) is 5.73 Å². The lowest BCUT2D eigenvalue weighted by molar-refractivity contribution is -0.384. The molecule has 1 aromatic heterocycles. The molecule has 0 spiro atoms. The maximum absolute atomic E-state index is 11.1. The first-order chi connectivity index (χ1) is 8.50. The largest absolute Gasteiger partial charge is 0.384 e. The molecule has 6 nitrogen and oxygen atoms in total. The number of nitro groups is 1. The van der Waals surface area contributed by atoms with Gasteiger partial charge >= 0.3 is 5.69 Å². The highest BCUT2D eigenvalue weighted by Crippen LogP contribution is 2.34. The van der Waals surface area contributed by atoms with Gasteiger partial charge < -0.3 is 10.6 Å². The third-order valence-electron chi connectivity index (χ3n) is 3.41. The Morgan fingerprint density at radius 1 is 1.56 bits per heavy atom. The Labute approximate surface area is 106 Å². The SMILES string of the molecule is CC(C)C1CCCN1c1nc(N)ccc1[N+](=O)[O-]. The van der Waals surface area contributed by atoms with Crippen molar-refractivity contribution in [3.8, 4) is 0 Å². The van der Waals surface area contributed by atoms with Crippen molar-refractivity contribution in [2.45, 2.75) is 32.7 Å². The molecular formula is C12H18N4O2. The fourth-order valence-corrected chi connectivity index (χ4v) is 2.56. The van der Waals surface area contributed by atoms with Crippen molar-refractivity contribution in [3.63, 3.8) is 0 Å². The molecule has 1 aliphatic rings. The highest BCUT2D eigenvalue weighted by atomic mass is 16.6. The van der Waals surface area contributed by atoms with E-state index in [-0.39, 0.29) is 5.69 Å². The smallest absolute Gasteiger partial charge is 0.311 e. The van der Waals surface area contributed by atoms with Gasteiger partial charge in [0.05, 0.1) is 4.92 Å². The first-order valence-electron chi connectivity index (χ1n) is 6.18. The summed E-state index contributed by atoms with van der Waals surface area (Å²) in [4.78, 5) is 16.9. The van der Waals surface area contributed by atoms with Crippen LogP contribution >= 0.6 is 0 Å². The summed E-state index contributed by atoms with van der Waals surface area (Å²) in [5, 5.41) is 11.1. The van der Waals surface area contributed by atoms with Gasteiger partial charge in [-0.05, 0) is 24.8 Å². The van der Waals surface area contributed by atoms with E-state index in [1.807, 2.05) is 4.90 Å². The summed E-state index contributed by atoms with van der Waals surface area (Å²) >= 11 is 0. The maximum atomic E-state index is 11.1. The van der Waals surface area contributed by atoms with Gasteiger partial charge in [0.15, 0.2) is 0 Å². The number of hydrogen-bond acceptors (Lipinski definition) is 5. The van der Waals surface area contributed by atoms with E-state index in [0.29, 0.717) is 23.6 Å². The van der Waals surface area contributed by atoms with Crippen molar-refractivity contribution < 1.29 is 4.92 Å². The Balaban J connectivity index is 2.42. The first-order valence-corrected chi connectivity index (χ1v) is 6.18. The number of aromatic nitrogens is 1. The summed E-state index contributed by atoms with van der Waals surface area (Å²) in [5.41, 5.74) is 5.70. The van der Waals surface area contributed by atoms with E-state index in [0.717, 1.165) is 19.4 Å². The number of rotatable bonds is 3. The van der Waals surface area contributed by atoms with E-state index in [2.05, 4.69) is 18.8 Å². The number of pyridine rings is 1. The molecule has 1 aromatic rings. The molecule has 2 N–H and O–H groups in total. The van der Waals surface area contributed by atoms with Crippen molar-refractivity contribution in [2.24, 2.45) is 5.92 Å². The van der Waals surface area contributed by atoms with Crippen LogP contribution in [0.3, 0.4) is 0 Å². The number of anilines is 2. The van der Waals surface area contributed by atoms with Crippen LogP contribution in [0.5, 0.6) is 0 Å². The molecule has 1 atom stereocenters. The lowest BCUT2D eigenvalue weighted by Crippen LogP contribution is -2.34. The molecule has 18 heavy (non-hydrogen) atoms. The topological polar surface area (TPSA) is 85.3 Å². The Kier molecular flexibility index (Phi) is 3.36. The van der Waals surface area contributed by atoms with E-state index in [1.165, 1.54) is 12.1 Å². The Hall–Kier alpha value is -1.85. The quantitative estimate of drug-likeness (QED) is 0.656. The van der Waals surface area contributed by atoms with Crippen molar-refractivity contribution in [1.29, 1.82) is 0 Å². The molecule has 0 radical (unpaired) electrons. The predicted molar refractivity (Wildman–Crippen MR) is 70.5 cm³/mol. The maximum Gasteiger partial charge on any atom is 0.311 e. The van der Waals surface area contributed by atoms with Gasteiger partial charge in [0.1, 0.15) is 5.82 Å². The van der Waals surface area contributed by atoms with E-state index in [9.17, 15) is 10.1 Å². The van der Waals surface area contributed by atoms with E-state index in [1.54, 1.807) is 0 Å². The van der Waals surface area contributed by atoms with Crippen LogP contribution in [0.1, 0.15) is 26.7 Å². The number of nitrogens with two attached hydrogens (primary N) is 1. The van der Waals surface area contributed by atoms with Crippen LogP contribution in [0.25, 0.3) is 0 Å². The molecule has 2 rings (SSSR count). The molecule has 0 amide bonds. The Morgan fingerprint density at radius 2 is 2.28 bits per heavy atom. The molecule has 6 heteroatoms. The average molecular weight is 250 g/mol. The molecule has 0 bridgehead atoms. The normalized spacial score (nSPS) is 19.5. The van der Waals surface area contributed by atoms with Crippen molar-refractivity contribution in [3.05, 3.63) is 22.2 Å². The zero-order valence-corrected chi connectivity index (χ0v) is 10.7. The highest BCUT2D eigenvalue weighted by molar-refractivity contribution is 5.62. The molecule has 1 saturated heterocycles. The summed E-state index contributed by atoms with van der Waals surface area (Å²) in [6.07, 6.45) is 2.09. The summed E-state index contributed by atoms with van der Waals surface area (Å²) < 4.78 is 0. The summed E-state index contributed by atoms with van der Waals surface area (Å²) in [6.45, 7) is 5.06. The lowest BCUT2D eigenvalue weighted by atomic mass is 10.0. The molecule has 0 aromatic carbocycles. The third kappa shape index (κ3) is 2.23. The molecular weight excluding hydrogens is 232 g/mol. The van der Waals surface area contributed by atoms with Crippen molar-refractivity contribution in [2.75, 3.05) is 17.2 Å². The second-order valence-corrected chi connectivity index (χ2v) is 4.98. The highest BCUT2D eigenvalue weighted by Gasteiger charge is 2.32. The van der Waals surface area contributed by atoms with Crippen LogP contribution in [0.4, 0.5) is 17.3 Å². The van der Waals surface area contributed by atoms with Crippen LogP contribution in [0.2, 0.25) is 0 Å². The number of nitrogen functional groups attached to an aromatic ring is 1. The molecule has 1 aliphatic heterocycles. The average Bonchev–Trinajstić information content (AvgIpc) is 2.77. The predicted octanol–water partition coefficient (Wildman–Crippen LogP) is 2.20. The van der Waals surface area contributed by atoms with Gasteiger partial charge in [-0.1, -0.05) is 13.8 Å². The van der Waals surface area contributed by atoms with E-state index < -0.39 is 4.92 Å². The van der Waals surface area contributed by atoms with Gasteiger partial charge in [0.25, 0.3) is 0 Å². The van der Waals surface area contributed by atoms with Gasteiger partial charge in [-0.2, -0.15) is 0 Å². The summed E-state index contributed by atoms with van der Waals surface area (Å²) in [7, 11) is 0. The summed E-state index contributed by atoms with van der Waals surface area (Å²) in [6, 6.07) is 3.22. The molecule has 1 fully saturated rings. The molecule has 0 aliphatic carbocycles. The molecule has 0 saturated carbocycles. The Morgan fingerprint density at radius 3 is 2.89 bits per heavy atom. The van der Waals surface area contributed by atoms with E-state index >= 15 is 0 Å². The zero-order valence-electron chi connectivity index (χ0n) is 10.7. The van der Waals surface area contributed by atoms with Crippen molar-refractivity contribution in [1.82, 2.24) is 4.98 Å². The fraction of sp³-hybridized carbons (Fsp3) is 0.583. The molecule has 2 heterocycles. The third-order valence-corrected chi connectivity index (χ3v) is 3.41. The molecule has 98 valence electrons. The van der Waals surface area contributed by atoms with Gasteiger partial charge in [0, 0.05) is 18.7 Å². The minimum absolute atomic E-state index is 0.0387. The number of nitrogens with zero attached hydrogens (tertiary/aromatic N) is 3. The molecule has 1 unspecified atom stereocenters. The second kappa shape index (κ2) is 4.80. The standard InChI is InChI=1S/C12H18N4O2/c1-8(2)9-4-3-7-15(9)12-10(16(17)18)5-6-11(13)14-12/h5-6,8-9H,3-4,7H2,1-2H3,(H2,13,14). The van der Waals surface area contributed by atoms with Gasteiger partial charge in [0.2, 0.25) is 5.82 Å². The van der Waals surface area contributed by atoms with Gasteiger partial charge in [-0.25, -0.2) is 4.98 Å². The van der Waals surface area contributed by atoms with Crippen LogP contribution in [-0.2, 0) is 0 Å². The van der Waals surface area contributed by atoms with Crippen LogP contribution < -0.4 is 10.6 Å².